The van der Waals surface area contributed by atoms with E-state index in [1.54, 1.807) is 6.92 Å². The van der Waals surface area contributed by atoms with Crippen molar-refractivity contribution in [3.05, 3.63) is 11.9 Å². The van der Waals surface area contributed by atoms with Crippen LogP contribution in [0.15, 0.2) is 11.1 Å². The minimum Gasteiger partial charge on any atom is -0.448 e. The number of aromatic amines is 1. The van der Waals surface area contributed by atoms with Gasteiger partial charge in [0.15, 0.2) is 0 Å². The number of primary amides is 1. The standard InChI is InChI=1S/C7H12N4O4S/c1-5-6(4-9-11-5)16(13,14)10-2-3-15-7(8)12/h4,10H,2-3H2,1H3,(H2,8,12)(H,9,11). The number of hydrogen-bond donors (Lipinski definition) is 3. The number of nitrogens with one attached hydrogen (secondary N) is 2. The van der Waals surface area contributed by atoms with Gasteiger partial charge in [-0.2, -0.15) is 5.10 Å². The summed E-state index contributed by atoms with van der Waals surface area (Å²) in [6, 6.07) is 0. The Morgan fingerprint density at radius 2 is 2.38 bits per heavy atom. The zero-order valence-electron chi connectivity index (χ0n) is 8.56. The number of hydrogen-bond acceptors (Lipinski definition) is 5. The van der Waals surface area contributed by atoms with Crippen molar-refractivity contribution >= 4 is 16.1 Å². The average Bonchev–Trinajstić information content (AvgIpc) is 2.59. The Bertz CT molecular complexity index is 466. The van der Waals surface area contributed by atoms with E-state index in [4.69, 9.17) is 5.73 Å². The van der Waals surface area contributed by atoms with Crippen molar-refractivity contribution in [3.63, 3.8) is 0 Å². The molecule has 1 heterocycles. The second-order valence-electron chi connectivity index (χ2n) is 2.92. The minimum atomic E-state index is -3.62. The quantitative estimate of drug-likeness (QED) is 0.581. The maximum absolute atomic E-state index is 11.6. The highest BCUT2D eigenvalue weighted by molar-refractivity contribution is 7.89. The molecule has 0 aliphatic rings. The maximum atomic E-state index is 11.6. The van der Waals surface area contributed by atoms with Gasteiger partial charge in [-0.25, -0.2) is 17.9 Å². The summed E-state index contributed by atoms with van der Waals surface area (Å²) in [6.45, 7) is 1.42. The van der Waals surface area contributed by atoms with Crippen molar-refractivity contribution in [1.29, 1.82) is 0 Å². The average molecular weight is 248 g/mol. The molecular formula is C7H12N4O4S. The number of rotatable bonds is 5. The van der Waals surface area contributed by atoms with Gasteiger partial charge in [-0.3, -0.25) is 5.10 Å². The number of aromatic nitrogens is 2. The highest BCUT2D eigenvalue weighted by atomic mass is 32.2. The summed E-state index contributed by atoms with van der Waals surface area (Å²) in [5.41, 5.74) is 5.14. The fourth-order valence-electron chi connectivity index (χ4n) is 1.02. The van der Waals surface area contributed by atoms with Gasteiger partial charge in [0.1, 0.15) is 11.5 Å². The highest BCUT2D eigenvalue weighted by Gasteiger charge is 2.17. The molecule has 0 aliphatic heterocycles. The first-order valence-corrected chi connectivity index (χ1v) is 5.83. The van der Waals surface area contributed by atoms with Crippen molar-refractivity contribution < 1.29 is 17.9 Å². The van der Waals surface area contributed by atoms with Crippen LogP contribution in [0.2, 0.25) is 0 Å². The van der Waals surface area contributed by atoms with E-state index < -0.39 is 16.1 Å². The molecule has 0 saturated heterocycles. The first-order valence-electron chi connectivity index (χ1n) is 4.35. The molecule has 9 heteroatoms. The Hall–Kier alpha value is -1.61. The second-order valence-corrected chi connectivity index (χ2v) is 4.66. The molecular weight excluding hydrogens is 236 g/mol. The summed E-state index contributed by atoms with van der Waals surface area (Å²) in [7, 11) is -3.62. The number of nitrogens with zero attached hydrogens (tertiary/aromatic N) is 1. The van der Waals surface area contributed by atoms with Gasteiger partial charge in [0.2, 0.25) is 10.0 Å². The molecule has 16 heavy (non-hydrogen) atoms. The van der Waals surface area contributed by atoms with Crippen LogP contribution in [0.25, 0.3) is 0 Å². The Balaban J connectivity index is 2.54. The van der Waals surface area contributed by atoms with E-state index in [0.29, 0.717) is 5.69 Å². The zero-order chi connectivity index (χ0) is 12.2. The van der Waals surface area contributed by atoms with E-state index in [9.17, 15) is 13.2 Å². The predicted octanol–water partition coefficient (Wildman–Crippen LogP) is -0.908. The number of nitrogens with two attached hydrogens (primary N) is 1. The summed E-state index contributed by atoms with van der Waals surface area (Å²) in [5, 5.41) is 6.10. The molecule has 0 unspecified atom stereocenters. The van der Waals surface area contributed by atoms with Crippen molar-refractivity contribution in [2.45, 2.75) is 11.8 Å². The molecule has 1 aromatic heterocycles. The predicted molar refractivity (Wildman–Crippen MR) is 54.0 cm³/mol. The lowest BCUT2D eigenvalue weighted by Gasteiger charge is -2.05. The van der Waals surface area contributed by atoms with Crippen molar-refractivity contribution in [3.8, 4) is 0 Å². The van der Waals surface area contributed by atoms with Crippen molar-refractivity contribution in [2.24, 2.45) is 5.73 Å². The molecule has 0 bridgehead atoms. The van der Waals surface area contributed by atoms with Crippen LogP contribution < -0.4 is 10.5 Å². The highest BCUT2D eigenvalue weighted by Crippen LogP contribution is 2.09. The molecule has 4 N–H and O–H groups in total. The Morgan fingerprint density at radius 3 is 2.88 bits per heavy atom. The van der Waals surface area contributed by atoms with Crippen LogP contribution in [-0.2, 0) is 14.8 Å². The van der Waals surface area contributed by atoms with Gasteiger partial charge in [-0.1, -0.05) is 0 Å². The van der Waals surface area contributed by atoms with Gasteiger partial charge in [0.25, 0.3) is 0 Å². The van der Waals surface area contributed by atoms with Crippen LogP contribution in [0.4, 0.5) is 4.79 Å². The van der Waals surface area contributed by atoms with Gasteiger partial charge >= 0.3 is 6.09 Å². The van der Waals surface area contributed by atoms with E-state index in [-0.39, 0.29) is 18.0 Å². The molecule has 0 fully saturated rings. The first kappa shape index (κ1) is 12.5. The van der Waals surface area contributed by atoms with Crippen LogP contribution in [0, 0.1) is 6.92 Å². The van der Waals surface area contributed by atoms with Crippen molar-refractivity contribution in [2.75, 3.05) is 13.2 Å². The van der Waals surface area contributed by atoms with E-state index in [0.717, 1.165) is 0 Å². The summed E-state index contributed by atoms with van der Waals surface area (Å²) >= 11 is 0. The number of aryl methyl sites for hydroxylation is 1. The normalized spacial score (nSPS) is 11.3. The van der Waals surface area contributed by atoms with Crippen LogP contribution >= 0.6 is 0 Å². The first-order chi connectivity index (χ1) is 7.43. The summed E-state index contributed by atoms with van der Waals surface area (Å²) in [6.07, 6.45) is 0.255. The van der Waals surface area contributed by atoms with E-state index in [1.807, 2.05) is 0 Å². The molecule has 90 valence electrons. The van der Waals surface area contributed by atoms with E-state index in [2.05, 4.69) is 19.7 Å². The topological polar surface area (TPSA) is 127 Å². The third-order valence-corrected chi connectivity index (χ3v) is 3.29. The zero-order valence-corrected chi connectivity index (χ0v) is 9.37. The summed E-state index contributed by atoms with van der Waals surface area (Å²) in [5.74, 6) is 0. The molecule has 0 saturated carbocycles. The number of ether oxygens (including phenoxy) is 1. The molecule has 1 amide bonds. The molecule has 8 nitrogen and oxygen atoms in total. The smallest absolute Gasteiger partial charge is 0.404 e. The molecule has 0 radical (unpaired) electrons. The maximum Gasteiger partial charge on any atom is 0.404 e. The lowest BCUT2D eigenvalue weighted by Crippen LogP contribution is -2.29. The summed E-state index contributed by atoms with van der Waals surface area (Å²) in [4.78, 5) is 10.3. The van der Waals surface area contributed by atoms with E-state index >= 15 is 0 Å². The largest absolute Gasteiger partial charge is 0.448 e. The minimum absolute atomic E-state index is 0.0457. The molecule has 0 aliphatic carbocycles. The van der Waals surface area contributed by atoms with Gasteiger partial charge in [-0.05, 0) is 6.92 Å². The lowest BCUT2D eigenvalue weighted by atomic mass is 10.5. The molecule has 0 atom stereocenters. The molecule has 1 rings (SSSR count). The van der Waals surface area contributed by atoms with Crippen LogP contribution in [-0.4, -0.2) is 37.9 Å². The SMILES string of the molecule is Cc1[nH]ncc1S(=O)(=O)NCCOC(N)=O. The fourth-order valence-corrected chi connectivity index (χ4v) is 2.16. The number of amides is 1. The van der Waals surface area contributed by atoms with Crippen LogP contribution in [0.1, 0.15) is 5.69 Å². The van der Waals surface area contributed by atoms with Gasteiger partial charge in [0, 0.05) is 6.54 Å². The van der Waals surface area contributed by atoms with Gasteiger partial charge in [-0.15, -0.1) is 0 Å². The van der Waals surface area contributed by atoms with Gasteiger partial charge < -0.3 is 10.5 Å². The molecule has 0 aromatic carbocycles. The molecule has 1 aromatic rings. The number of H-pyrrole nitrogens is 1. The van der Waals surface area contributed by atoms with Crippen molar-refractivity contribution in [1.82, 2.24) is 14.9 Å². The Labute approximate surface area is 92.2 Å². The Morgan fingerprint density at radius 1 is 1.69 bits per heavy atom. The third kappa shape index (κ3) is 3.21. The summed E-state index contributed by atoms with van der Waals surface area (Å²) < 4.78 is 29.8. The number of carbonyl (C=O) groups is 1. The van der Waals surface area contributed by atoms with Crippen LogP contribution in [0.5, 0.6) is 0 Å². The van der Waals surface area contributed by atoms with Gasteiger partial charge in [0.05, 0.1) is 11.9 Å². The third-order valence-electron chi connectivity index (χ3n) is 1.71. The monoisotopic (exact) mass is 248 g/mol. The second kappa shape index (κ2) is 4.94. The lowest BCUT2D eigenvalue weighted by molar-refractivity contribution is 0.159. The van der Waals surface area contributed by atoms with E-state index in [1.165, 1.54) is 6.20 Å². The Kier molecular flexibility index (Phi) is 3.85. The fraction of sp³-hybridized carbons (Fsp3) is 0.429. The van der Waals surface area contributed by atoms with Crippen LogP contribution in [0.3, 0.4) is 0 Å². The number of carbonyl (C=O) groups excluding carboxylic acids is 1. The molecule has 0 spiro atoms. The number of sulfonamides is 1.